The van der Waals surface area contributed by atoms with Crippen LogP contribution in [0.3, 0.4) is 0 Å². The maximum absolute atomic E-state index is 13.3. The van der Waals surface area contributed by atoms with Gasteiger partial charge in [0.05, 0.1) is 29.8 Å². The minimum atomic E-state index is -0.962. The number of esters is 2. The number of rotatable bonds is 13. The Bertz CT molecular complexity index is 1370. The van der Waals surface area contributed by atoms with Crippen LogP contribution in [-0.4, -0.2) is 41.8 Å². The standard InChI is InChI=1S/C33H40N3O5.Ir/c1-23(21-34)13-14-33(6,22-32(4,5)30(37)39-7)31(38)41-18-17-40-27-19-24(2)28(25(3)20-27)36-16-15-35-29(36)26-11-9-8-10-12-26;/h8-11,15-16,19-20,23H,13-14,17-18,22H2,1-7H3;/q-1;. The molecule has 0 aliphatic heterocycles. The van der Waals surface area contributed by atoms with Gasteiger partial charge in [-0.15, -0.1) is 35.9 Å². The van der Waals surface area contributed by atoms with Crippen molar-refractivity contribution in [2.75, 3.05) is 20.3 Å². The van der Waals surface area contributed by atoms with Gasteiger partial charge in [0.1, 0.15) is 19.0 Å². The number of carbonyl (C=O) groups excluding carboxylic acids is 2. The number of nitrogens with zero attached hydrogens (tertiary/aromatic N) is 3. The van der Waals surface area contributed by atoms with Gasteiger partial charge in [0, 0.05) is 44.1 Å². The molecular weight excluding hydrogens is 711 g/mol. The van der Waals surface area contributed by atoms with E-state index in [2.05, 4.69) is 17.1 Å². The van der Waals surface area contributed by atoms with E-state index in [4.69, 9.17) is 14.2 Å². The number of benzene rings is 2. The molecule has 1 aromatic heterocycles. The monoisotopic (exact) mass is 751 g/mol. The smallest absolute Gasteiger partial charge is 0.311 e. The van der Waals surface area contributed by atoms with Crippen LogP contribution in [0.2, 0.25) is 0 Å². The van der Waals surface area contributed by atoms with Crippen molar-refractivity contribution in [3.8, 4) is 28.9 Å². The average molecular weight is 751 g/mol. The van der Waals surface area contributed by atoms with E-state index < -0.39 is 22.8 Å². The Morgan fingerprint density at radius 1 is 1.12 bits per heavy atom. The van der Waals surface area contributed by atoms with E-state index in [1.807, 2.05) is 67.9 Å². The van der Waals surface area contributed by atoms with Crippen molar-refractivity contribution in [1.82, 2.24) is 9.55 Å². The third kappa shape index (κ3) is 8.53. The van der Waals surface area contributed by atoms with E-state index in [-0.39, 0.29) is 45.7 Å². The third-order valence-electron chi connectivity index (χ3n) is 7.29. The number of aromatic nitrogens is 2. The van der Waals surface area contributed by atoms with Gasteiger partial charge in [-0.2, -0.15) is 5.26 Å². The van der Waals surface area contributed by atoms with E-state index in [1.165, 1.54) is 7.11 Å². The summed E-state index contributed by atoms with van der Waals surface area (Å²) in [6, 6.07) is 17.1. The fourth-order valence-electron chi connectivity index (χ4n) is 5.25. The number of methoxy groups -OCH3 is 1. The molecular formula is C33H40IrN3O5-. The second-order valence-corrected chi connectivity index (χ2v) is 11.5. The molecule has 3 aromatic rings. The van der Waals surface area contributed by atoms with Crippen LogP contribution < -0.4 is 4.74 Å². The van der Waals surface area contributed by atoms with Gasteiger partial charge >= 0.3 is 11.9 Å². The molecule has 42 heavy (non-hydrogen) atoms. The Morgan fingerprint density at radius 3 is 2.40 bits per heavy atom. The predicted octanol–water partition coefficient (Wildman–Crippen LogP) is 6.41. The van der Waals surface area contributed by atoms with Crippen LogP contribution in [0.1, 0.15) is 58.1 Å². The first kappa shape index (κ1) is 34.7. The van der Waals surface area contributed by atoms with Crippen molar-refractivity contribution < 1.29 is 43.9 Å². The van der Waals surface area contributed by atoms with Gasteiger partial charge in [-0.25, -0.2) is 0 Å². The second kappa shape index (κ2) is 15.1. The number of nitriles is 1. The van der Waals surface area contributed by atoms with Crippen LogP contribution in [0.15, 0.2) is 48.8 Å². The molecule has 2 atom stereocenters. The molecule has 227 valence electrons. The molecule has 0 N–H and O–H groups in total. The van der Waals surface area contributed by atoms with E-state index in [1.54, 1.807) is 27.0 Å². The largest absolute Gasteiger partial charge is 0.490 e. The molecule has 2 unspecified atom stereocenters. The molecule has 0 fully saturated rings. The van der Waals surface area contributed by atoms with E-state index in [0.29, 0.717) is 18.6 Å². The SMILES string of the molecule is COC(=O)C(C)(C)CC(C)(CCC(C)C#N)C(=O)OCCOc1cc(C)c(-n2ccnc2-c2[c-]cccc2)c(C)c1.[Ir]. The summed E-state index contributed by atoms with van der Waals surface area (Å²) in [6.45, 7) is 11.4. The molecule has 0 saturated carbocycles. The molecule has 2 aromatic carbocycles. The Morgan fingerprint density at radius 2 is 1.81 bits per heavy atom. The number of aryl methyl sites for hydroxylation is 2. The first-order valence-electron chi connectivity index (χ1n) is 13.8. The van der Waals surface area contributed by atoms with Gasteiger partial charge in [0.25, 0.3) is 0 Å². The molecule has 0 amide bonds. The summed E-state index contributed by atoms with van der Waals surface area (Å²) in [5, 5.41) is 9.22. The normalized spacial score (nSPS) is 13.2. The van der Waals surface area contributed by atoms with Crippen molar-refractivity contribution in [3.63, 3.8) is 0 Å². The summed E-state index contributed by atoms with van der Waals surface area (Å²) in [5.41, 5.74) is 2.09. The molecule has 0 bridgehead atoms. The molecule has 9 heteroatoms. The van der Waals surface area contributed by atoms with Gasteiger partial charge in [-0.3, -0.25) is 14.6 Å². The zero-order chi connectivity index (χ0) is 30.2. The van der Waals surface area contributed by atoms with Crippen molar-refractivity contribution in [1.29, 1.82) is 5.26 Å². The fourth-order valence-corrected chi connectivity index (χ4v) is 5.25. The Balaban J connectivity index is 0.00000616. The number of ether oxygens (including phenoxy) is 3. The van der Waals surface area contributed by atoms with Crippen molar-refractivity contribution in [3.05, 3.63) is 66.0 Å². The van der Waals surface area contributed by atoms with Crippen molar-refractivity contribution in [2.24, 2.45) is 16.7 Å². The first-order chi connectivity index (χ1) is 19.4. The quantitative estimate of drug-likeness (QED) is 0.113. The topological polar surface area (TPSA) is 103 Å². The van der Waals surface area contributed by atoms with Crippen molar-refractivity contribution >= 4 is 11.9 Å². The Labute approximate surface area is 262 Å². The van der Waals surface area contributed by atoms with Crippen LogP contribution >= 0.6 is 0 Å². The first-order valence-corrected chi connectivity index (χ1v) is 13.8. The zero-order valence-electron chi connectivity index (χ0n) is 25.4. The average Bonchev–Trinajstić information content (AvgIpc) is 3.42. The second-order valence-electron chi connectivity index (χ2n) is 11.5. The Hall–Kier alpha value is -3.47. The van der Waals surface area contributed by atoms with Gasteiger partial charge in [-0.05, 0) is 84.1 Å². The fraction of sp³-hybridized carbons (Fsp3) is 0.455. The molecule has 0 spiro atoms. The molecule has 0 saturated heterocycles. The summed E-state index contributed by atoms with van der Waals surface area (Å²) in [6.07, 6.45) is 4.87. The zero-order valence-corrected chi connectivity index (χ0v) is 27.8. The summed E-state index contributed by atoms with van der Waals surface area (Å²) in [4.78, 5) is 30.2. The molecule has 0 aliphatic carbocycles. The van der Waals surface area contributed by atoms with Crippen LogP contribution in [0.5, 0.6) is 5.75 Å². The molecule has 1 radical (unpaired) electrons. The van der Waals surface area contributed by atoms with Crippen LogP contribution in [0, 0.1) is 48.0 Å². The molecule has 1 heterocycles. The molecule has 3 rings (SSSR count). The number of carbonyl (C=O) groups is 2. The van der Waals surface area contributed by atoms with E-state index in [0.717, 1.165) is 28.2 Å². The van der Waals surface area contributed by atoms with E-state index >= 15 is 0 Å². The van der Waals surface area contributed by atoms with Crippen LogP contribution in [0.4, 0.5) is 0 Å². The summed E-state index contributed by atoms with van der Waals surface area (Å²) in [7, 11) is 1.33. The van der Waals surface area contributed by atoms with Crippen molar-refractivity contribution in [2.45, 2.75) is 60.8 Å². The molecule has 0 aliphatic rings. The summed E-state index contributed by atoms with van der Waals surface area (Å²) < 4.78 is 18.6. The maximum Gasteiger partial charge on any atom is 0.311 e. The Kier molecular flexibility index (Phi) is 12.5. The maximum atomic E-state index is 13.3. The summed E-state index contributed by atoms with van der Waals surface area (Å²) >= 11 is 0. The van der Waals surface area contributed by atoms with Gasteiger partial charge in [-0.1, -0.05) is 0 Å². The van der Waals surface area contributed by atoms with Gasteiger partial charge in [0.15, 0.2) is 0 Å². The van der Waals surface area contributed by atoms with Gasteiger partial charge in [0.2, 0.25) is 0 Å². The van der Waals surface area contributed by atoms with Crippen LogP contribution in [0.25, 0.3) is 17.1 Å². The third-order valence-corrected chi connectivity index (χ3v) is 7.29. The summed E-state index contributed by atoms with van der Waals surface area (Å²) in [5.74, 6) is 0.443. The number of hydrogen-bond donors (Lipinski definition) is 0. The van der Waals surface area contributed by atoms with Crippen LogP contribution in [-0.2, 0) is 39.2 Å². The number of imidazole rings is 1. The minimum absolute atomic E-state index is 0. The minimum Gasteiger partial charge on any atom is -0.490 e. The van der Waals surface area contributed by atoms with Gasteiger partial charge < -0.3 is 18.8 Å². The van der Waals surface area contributed by atoms with E-state index in [9.17, 15) is 14.9 Å². The molecule has 8 nitrogen and oxygen atoms in total. The number of hydrogen-bond acceptors (Lipinski definition) is 7. The predicted molar refractivity (Wildman–Crippen MR) is 156 cm³/mol.